The van der Waals surface area contributed by atoms with Gasteiger partial charge in [-0.1, -0.05) is 26.2 Å². The average molecular weight is 149 g/mol. The third kappa shape index (κ3) is 7.86. The van der Waals surface area contributed by atoms with Gasteiger partial charge in [0.25, 0.3) is 0 Å². The van der Waals surface area contributed by atoms with Gasteiger partial charge in [-0.25, -0.2) is 8.78 Å². The minimum Gasteiger partial charge on any atom is -0.207 e. The van der Waals surface area contributed by atoms with Crippen LogP contribution in [0.15, 0.2) is 0 Å². The fraction of sp³-hybridized carbons (Fsp3) is 0.875. The molecule has 1 radical (unpaired) electrons. The molecular weight excluding hydrogens is 134 g/mol. The Balaban J connectivity index is 3.04. The van der Waals surface area contributed by atoms with Crippen LogP contribution in [0.25, 0.3) is 0 Å². The van der Waals surface area contributed by atoms with E-state index in [2.05, 4.69) is 13.8 Å². The van der Waals surface area contributed by atoms with E-state index in [1.165, 1.54) is 0 Å². The highest BCUT2D eigenvalue weighted by Crippen LogP contribution is 2.19. The lowest BCUT2D eigenvalue weighted by atomic mass is 10.1. The monoisotopic (exact) mass is 149 g/mol. The van der Waals surface area contributed by atoms with E-state index in [-0.39, 0.29) is 6.42 Å². The van der Waals surface area contributed by atoms with Crippen molar-refractivity contribution in [3.63, 3.8) is 0 Å². The van der Waals surface area contributed by atoms with Crippen molar-refractivity contribution in [2.24, 2.45) is 0 Å². The molecule has 0 bridgehead atoms. The number of rotatable bonds is 5. The third-order valence-electron chi connectivity index (χ3n) is 1.40. The van der Waals surface area contributed by atoms with Crippen molar-refractivity contribution in [1.82, 2.24) is 0 Å². The SMILES string of the molecule is [CH2]C(F)(F)CCCCCC. The maximum atomic E-state index is 12.0. The lowest BCUT2D eigenvalue weighted by Crippen LogP contribution is -2.08. The zero-order valence-electron chi connectivity index (χ0n) is 6.50. The van der Waals surface area contributed by atoms with E-state index in [0.29, 0.717) is 6.42 Å². The molecule has 2 heteroatoms. The van der Waals surface area contributed by atoms with Crippen molar-refractivity contribution >= 4 is 0 Å². The number of halogens is 2. The Morgan fingerprint density at radius 1 is 1.20 bits per heavy atom. The Kier molecular flexibility index (Phi) is 4.58. The van der Waals surface area contributed by atoms with Gasteiger partial charge in [0.2, 0.25) is 5.92 Å². The number of alkyl halides is 2. The van der Waals surface area contributed by atoms with E-state index in [1.54, 1.807) is 0 Å². The zero-order chi connectivity index (χ0) is 8.04. The van der Waals surface area contributed by atoms with Crippen molar-refractivity contribution in [2.75, 3.05) is 0 Å². The van der Waals surface area contributed by atoms with Gasteiger partial charge in [-0.2, -0.15) is 0 Å². The van der Waals surface area contributed by atoms with Gasteiger partial charge in [0.15, 0.2) is 0 Å². The second-order valence-corrected chi connectivity index (χ2v) is 2.67. The summed E-state index contributed by atoms with van der Waals surface area (Å²) < 4.78 is 24.1. The topological polar surface area (TPSA) is 0 Å². The number of hydrogen-bond acceptors (Lipinski definition) is 0. The van der Waals surface area contributed by atoms with Gasteiger partial charge < -0.3 is 0 Å². The summed E-state index contributed by atoms with van der Waals surface area (Å²) in [4.78, 5) is 0. The van der Waals surface area contributed by atoms with Crippen molar-refractivity contribution in [3.05, 3.63) is 6.92 Å². The summed E-state index contributed by atoms with van der Waals surface area (Å²) in [6.07, 6.45) is 3.58. The van der Waals surface area contributed by atoms with Gasteiger partial charge >= 0.3 is 0 Å². The second-order valence-electron chi connectivity index (χ2n) is 2.67. The summed E-state index contributed by atoms with van der Waals surface area (Å²) in [5, 5.41) is 0. The normalized spacial score (nSPS) is 12.0. The number of unbranched alkanes of at least 4 members (excludes halogenated alkanes) is 3. The highest BCUT2D eigenvalue weighted by Gasteiger charge is 2.19. The smallest absolute Gasteiger partial charge is 0.207 e. The molecule has 61 valence electrons. The molecule has 0 fully saturated rings. The first-order valence-corrected chi connectivity index (χ1v) is 3.79. The van der Waals surface area contributed by atoms with E-state index in [9.17, 15) is 8.78 Å². The molecule has 0 saturated heterocycles. The molecule has 0 aliphatic carbocycles. The second kappa shape index (κ2) is 4.64. The van der Waals surface area contributed by atoms with Gasteiger partial charge in [-0.3, -0.25) is 0 Å². The first-order valence-electron chi connectivity index (χ1n) is 3.79. The molecular formula is C8H15F2. The van der Waals surface area contributed by atoms with Crippen LogP contribution in [0.4, 0.5) is 8.78 Å². The molecule has 0 aromatic rings. The molecule has 10 heavy (non-hydrogen) atoms. The van der Waals surface area contributed by atoms with Crippen LogP contribution < -0.4 is 0 Å². The molecule has 0 amide bonds. The Morgan fingerprint density at radius 3 is 2.20 bits per heavy atom. The van der Waals surface area contributed by atoms with Crippen molar-refractivity contribution < 1.29 is 8.78 Å². The summed E-state index contributed by atoms with van der Waals surface area (Å²) in [6, 6.07) is 0. The van der Waals surface area contributed by atoms with Crippen LogP contribution in [-0.4, -0.2) is 5.92 Å². The highest BCUT2D eigenvalue weighted by molar-refractivity contribution is 4.67. The Labute approximate surface area is 61.6 Å². The van der Waals surface area contributed by atoms with Crippen LogP contribution in [-0.2, 0) is 0 Å². The van der Waals surface area contributed by atoms with Crippen LogP contribution >= 0.6 is 0 Å². The summed E-state index contributed by atoms with van der Waals surface area (Å²) in [5.74, 6) is -2.70. The standard InChI is InChI=1S/C8H15F2/c1-3-4-5-6-7-8(2,9)10/h2-7H2,1H3. The van der Waals surface area contributed by atoms with Crippen molar-refractivity contribution in [3.8, 4) is 0 Å². The minimum atomic E-state index is -2.70. The lowest BCUT2D eigenvalue weighted by Gasteiger charge is -2.07. The average Bonchev–Trinajstić information content (AvgIpc) is 1.78. The molecule has 0 saturated carbocycles. The predicted molar refractivity (Wildman–Crippen MR) is 39.1 cm³/mol. The zero-order valence-corrected chi connectivity index (χ0v) is 6.50. The van der Waals surface area contributed by atoms with Crippen LogP contribution in [0.2, 0.25) is 0 Å². The summed E-state index contributed by atoms with van der Waals surface area (Å²) in [5.41, 5.74) is 0. The summed E-state index contributed by atoms with van der Waals surface area (Å²) >= 11 is 0. The Hall–Kier alpha value is -0.140. The van der Waals surface area contributed by atoms with Gasteiger partial charge in [0.1, 0.15) is 0 Å². The van der Waals surface area contributed by atoms with E-state index in [0.717, 1.165) is 19.3 Å². The molecule has 0 aliphatic rings. The quantitative estimate of drug-likeness (QED) is 0.525. The molecule has 0 N–H and O–H groups in total. The first-order chi connectivity index (χ1) is 4.56. The minimum absolute atomic E-state index is 0.0625. The van der Waals surface area contributed by atoms with E-state index >= 15 is 0 Å². The molecule has 0 unspecified atom stereocenters. The molecule has 0 rings (SSSR count). The molecule has 0 spiro atoms. The molecule has 0 aromatic carbocycles. The maximum Gasteiger partial charge on any atom is 0.248 e. The summed E-state index contributed by atoms with van der Waals surface area (Å²) in [7, 11) is 0. The van der Waals surface area contributed by atoms with Gasteiger partial charge in [0.05, 0.1) is 0 Å². The Bertz CT molecular complexity index is 73.8. The molecule has 0 atom stereocenters. The lowest BCUT2D eigenvalue weighted by molar-refractivity contribution is 0.0395. The van der Waals surface area contributed by atoms with Crippen LogP contribution in [0.1, 0.15) is 39.0 Å². The molecule has 0 aromatic heterocycles. The highest BCUT2D eigenvalue weighted by atomic mass is 19.3. The third-order valence-corrected chi connectivity index (χ3v) is 1.40. The Morgan fingerprint density at radius 2 is 1.80 bits per heavy atom. The molecule has 0 heterocycles. The van der Waals surface area contributed by atoms with Crippen LogP contribution in [0.3, 0.4) is 0 Å². The first kappa shape index (κ1) is 9.86. The molecule has 0 nitrogen and oxygen atoms in total. The fourth-order valence-corrected chi connectivity index (χ4v) is 0.810. The van der Waals surface area contributed by atoms with Gasteiger partial charge in [-0.05, 0) is 6.42 Å². The van der Waals surface area contributed by atoms with E-state index in [1.807, 2.05) is 0 Å². The summed E-state index contributed by atoms with van der Waals surface area (Å²) in [6.45, 7) is 4.79. The van der Waals surface area contributed by atoms with Crippen molar-refractivity contribution in [2.45, 2.75) is 45.0 Å². The fourth-order valence-electron chi connectivity index (χ4n) is 0.810. The van der Waals surface area contributed by atoms with Crippen LogP contribution in [0, 0.1) is 6.92 Å². The maximum absolute atomic E-state index is 12.0. The van der Waals surface area contributed by atoms with Gasteiger partial charge in [0, 0.05) is 13.3 Å². The van der Waals surface area contributed by atoms with E-state index < -0.39 is 5.92 Å². The van der Waals surface area contributed by atoms with Crippen molar-refractivity contribution in [1.29, 1.82) is 0 Å². The number of hydrogen-bond donors (Lipinski definition) is 0. The molecule has 0 aliphatic heterocycles. The predicted octanol–water partition coefficient (Wildman–Crippen LogP) is 3.43. The van der Waals surface area contributed by atoms with Gasteiger partial charge in [-0.15, -0.1) is 0 Å². The van der Waals surface area contributed by atoms with E-state index in [4.69, 9.17) is 0 Å². The largest absolute Gasteiger partial charge is 0.248 e. The van der Waals surface area contributed by atoms with Crippen LogP contribution in [0.5, 0.6) is 0 Å².